The lowest BCUT2D eigenvalue weighted by Gasteiger charge is -2.18. The second-order valence-corrected chi connectivity index (χ2v) is 8.28. The Morgan fingerprint density at radius 1 is 0.970 bits per heavy atom. The number of aryl methyl sites for hydroxylation is 2. The molecule has 33 heavy (non-hydrogen) atoms. The molecular formula is C27H25ClN2O3. The average molecular weight is 461 g/mol. The highest BCUT2D eigenvalue weighted by Gasteiger charge is 2.22. The highest BCUT2D eigenvalue weighted by molar-refractivity contribution is 6.30. The van der Waals surface area contributed by atoms with Crippen molar-refractivity contribution >= 4 is 17.5 Å². The molecule has 1 N–H and O–H groups in total. The molecule has 0 radical (unpaired) electrons. The van der Waals surface area contributed by atoms with E-state index in [1.807, 2.05) is 80.6 Å². The summed E-state index contributed by atoms with van der Waals surface area (Å²) in [7, 11) is 0. The van der Waals surface area contributed by atoms with Gasteiger partial charge < -0.3 is 14.6 Å². The van der Waals surface area contributed by atoms with Crippen LogP contribution in [-0.2, 0) is 17.9 Å². The fourth-order valence-electron chi connectivity index (χ4n) is 3.65. The van der Waals surface area contributed by atoms with E-state index in [1.165, 1.54) is 0 Å². The molecule has 3 aromatic carbocycles. The van der Waals surface area contributed by atoms with Crippen LogP contribution < -0.4 is 10.1 Å². The molecule has 1 atom stereocenters. The van der Waals surface area contributed by atoms with Gasteiger partial charge in [-0.1, -0.05) is 71.4 Å². The maximum absolute atomic E-state index is 13.2. The Bertz CT molecular complexity index is 1180. The summed E-state index contributed by atoms with van der Waals surface area (Å²) in [4.78, 5) is 13.2. The first kappa shape index (κ1) is 22.6. The third-order valence-corrected chi connectivity index (χ3v) is 5.80. The molecule has 1 aromatic heterocycles. The van der Waals surface area contributed by atoms with Gasteiger partial charge in [-0.15, -0.1) is 0 Å². The number of hydrogen-bond acceptors (Lipinski definition) is 4. The minimum Gasteiger partial charge on any atom is -0.489 e. The summed E-state index contributed by atoms with van der Waals surface area (Å²) in [6.07, 6.45) is 0. The van der Waals surface area contributed by atoms with Gasteiger partial charge in [-0.2, -0.15) is 0 Å². The van der Waals surface area contributed by atoms with Crippen molar-refractivity contribution < 1.29 is 14.1 Å². The Labute approximate surface area is 198 Å². The standard InChI is InChI=1S/C27H25ClN2O3/c1-18-25(19(2)33-30-18)17-32-24-14-8-20(9-15-24)16-29-27(31)26(21-6-4-3-5-7-21)22-10-12-23(28)13-11-22/h3-15,26H,16-17H2,1-2H3,(H,29,31). The molecule has 0 aliphatic carbocycles. The van der Waals surface area contributed by atoms with Crippen LogP contribution in [0.1, 0.15) is 39.6 Å². The van der Waals surface area contributed by atoms with E-state index in [0.29, 0.717) is 18.2 Å². The van der Waals surface area contributed by atoms with E-state index in [0.717, 1.165) is 39.5 Å². The predicted molar refractivity (Wildman–Crippen MR) is 128 cm³/mol. The summed E-state index contributed by atoms with van der Waals surface area (Å²) in [5.74, 6) is 1.03. The second-order valence-electron chi connectivity index (χ2n) is 7.85. The molecule has 0 fully saturated rings. The number of aromatic nitrogens is 1. The van der Waals surface area contributed by atoms with Gasteiger partial charge in [0.1, 0.15) is 18.1 Å². The Kier molecular flexibility index (Phi) is 7.10. The molecular weight excluding hydrogens is 436 g/mol. The Morgan fingerprint density at radius 3 is 2.27 bits per heavy atom. The van der Waals surface area contributed by atoms with Crippen LogP contribution in [0.15, 0.2) is 83.4 Å². The van der Waals surface area contributed by atoms with Gasteiger partial charge in [0.05, 0.1) is 17.2 Å². The fraction of sp³-hybridized carbons (Fsp3) is 0.185. The lowest BCUT2D eigenvalue weighted by molar-refractivity contribution is -0.121. The topological polar surface area (TPSA) is 64.4 Å². The van der Waals surface area contributed by atoms with E-state index in [1.54, 1.807) is 12.1 Å². The highest BCUT2D eigenvalue weighted by atomic mass is 35.5. The minimum atomic E-state index is -0.416. The van der Waals surface area contributed by atoms with Crippen molar-refractivity contribution in [1.29, 1.82) is 0 Å². The molecule has 6 heteroatoms. The lowest BCUT2D eigenvalue weighted by atomic mass is 9.90. The molecule has 0 spiro atoms. The van der Waals surface area contributed by atoms with Crippen LogP contribution in [0.5, 0.6) is 5.75 Å². The maximum Gasteiger partial charge on any atom is 0.232 e. The number of benzene rings is 3. The van der Waals surface area contributed by atoms with E-state index < -0.39 is 5.92 Å². The maximum atomic E-state index is 13.2. The molecule has 0 aliphatic rings. The van der Waals surface area contributed by atoms with Crippen LogP contribution >= 0.6 is 11.6 Å². The molecule has 0 aliphatic heterocycles. The minimum absolute atomic E-state index is 0.0674. The van der Waals surface area contributed by atoms with E-state index in [-0.39, 0.29) is 5.91 Å². The smallest absolute Gasteiger partial charge is 0.232 e. The van der Waals surface area contributed by atoms with Gasteiger partial charge in [-0.25, -0.2) is 0 Å². The fourth-order valence-corrected chi connectivity index (χ4v) is 3.78. The molecule has 0 saturated heterocycles. The van der Waals surface area contributed by atoms with Crippen LogP contribution in [0, 0.1) is 13.8 Å². The zero-order chi connectivity index (χ0) is 23.2. The lowest BCUT2D eigenvalue weighted by Crippen LogP contribution is -2.29. The second kappa shape index (κ2) is 10.4. The zero-order valence-electron chi connectivity index (χ0n) is 18.5. The van der Waals surface area contributed by atoms with E-state index in [9.17, 15) is 4.79 Å². The van der Waals surface area contributed by atoms with Gasteiger partial charge in [0, 0.05) is 11.6 Å². The summed E-state index contributed by atoms with van der Waals surface area (Å²) in [6.45, 7) is 4.59. The molecule has 1 heterocycles. The van der Waals surface area contributed by atoms with E-state index in [2.05, 4.69) is 10.5 Å². The van der Waals surface area contributed by atoms with Gasteiger partial charge in [0.25, 0.3) is 0 Å². The van der Waals surface area contributed by atoms with Crippen LogP contribution in [0.3, 0.4) is 0 Å². The number of hydrogen-bond donors (Lipinski definition) is 1. The summed E-state index contributed by atoms with van der Waals surface area (Å²) >= 11 is 6.04. The van der Waals surface area contributed by atoms with Crippen LogP contribution in [0.2, 0.25) is 5.02 Å². The predicted octanol–water partition coefficient (Wildman–Crippen LogP) is 5.97. The van der Waals surface area contributed by atoms with Crippen molar-refractivity contribution in [3.05, 3.63) is 118 Å². The first-order valence-corrected chi connectivity index (χ1v) is 11.1. The number of carbonyl (C=O) groups excluding carboxylic acids is 1. The monoisotopic (exact) mass is 460 g/mol. The average Bonchev–Trinajstić information content (AvgIpc) is 3.16. The first-order valence-electron chi connectivity index (χ1n) is 10.7. The Balaban J connectivity index is 1.40. The molecule has 1 amide bonds. The van der Waals surface area contributed by atoms with Gasteiger partial charge in [0.2, 0.25) is 5.91 Å². The van der Waals surface area contributed by atoms with Crippen molar-refractivity contribution in [3.63, 3.8) is 0 Å². The van der Waals surface area contributed by atoms with E-state index >= 15 is 0 Å². The molecule has 5 nitrogen and oxygen atoms in total. The first-order chi connectivity index (χ1) is 16.0. The zero-order valence-corrected chi connectivity index (χ0v) is 19.3. The molecule has 0 bridgehead atoms. The third-order valence-electron chi connectivity index (χ3n) is 5.55. The number of carbonyl (C=O) groups is 1. The Hall–Kier alpha value is -3.57. The van der Waals surface area contributed by atoms with Gasteiger partial charge in [-0.05, 0) is 54.8 Å². The summed E-state index contributed by atoms with van der Waals surface area (Å²) in [5.41, 5.74) is 4.60. The summed E-state index contributed by atoms with van der Waals surface area (Å²) in [5, 5.41) is 7.65. The van der Waals surface area contributed by atoms with Crippen molar-refractivity contribution in [2.24, 2.45) is 0 Å². The van der Waals surface area contributed by atoms with Crippen molar-refractivity contribution in [3.8, 4) is 5.75 Å². The number of amides is 1. The number of nitrogens with zero attached hydrogens (tertiary/aromatic N) is 1. The normalized spacial score (nSPS) is 11.7. The number of rotatable bonds is 8. The van der Waals surface area contributed by atoms with Gasteiger partial charge in [-0.3, -0.25) is 4.79 Å². The number of halogens is 1. The van der Waals surface area contributed by atoms with Crippen LogP contribution in [0.25, 0.3) is 0 Å². The summed E-state index contributed by atoms with van der Waals surface area (Å²) < 4.78 is 11.0. The van der Waals surface area contributed by atoms with E-state index in [4.69, 9.17) is 20.9 Å². The molecule has 0 saturated carbocycles. The van der Waals surface area contributed by atoms with Crippen molar-refractivity contribution in [1.82, 2.24) is 10.5 Å². The quantitative estimate of drug-likeness (QED) is 0.351. The molecule has 4 aromatic rings. The number of ether oxygens (including phenoxy) is 1. The van der Waals surface area contributed by atoms with Gasteiger partial charge in [0.15, 0.2) is 0 Å². The highest BCUT2D eigenvalue weighted by Crippen LogP contribution is 2.26. The molecule has 4 rings (SSSR count). The van der Waals surface area contributed by atoms with Crippen molar-refractivity contribution in [2.45, 2.75) is 32.9 Å². The molecule has 168 valence electrons. The van der Waals surface area contributed by atoms with Gasteiger partial charge >= 0.3 is 0 Å². The van der Waals surface area contributed by atoms with Crippen LogP contribution in [0.4, 0.5) is 0 Å². The Morgan fingerprint density at radius 2 is 1.64 bits per heavy atom. The van der Waals surface area contributed by atoms with Crippen molar-refractivity contribution in [2.75, 3.05) is 0 Å². The third kappa shape index (κ3) is 5.62. The number of nitrogens with one attached hydrogen (secondary N) is 1. The molecule has 1 unspecified atom stereocenters. The summed E-state index contributed by atoms with van der Waals surface area (Å²) in [6, 6.07) is 24.8. The largest absolute Gasteiger partial charge is 0.489 e. The SMILES string of the molecule is Cc1noc(C)c1COc1ccc(CNC(=O)C(c2ccccc2)c2ccc(Cl)cc2)cc1. The van der Waals surface area contributed by atoms with Crippen LogP contribution in [-0.4, -0.2) is 11.1 Å².